The standard InChI is InChI=1S/C18H29NO3/c20-16(10-13-2-1-12-9-15(12)13)19-11-14-3-4-18(17(14)21)5-7-22-8-6-18/h12-15,17,21H,1-11H2,(H,19,20). The van der Waals surface area contributed by atoms with Crippen LogP contribution in [-0.4, -0.2) is 36.9 Å². The third-order valence-corrected chi connectivity index (χ3v) is 7.08. The maximum Gasteiger partial charge on any atom is 0.220 e. The molecule has 0 aromatic rings. The summed E-state index contributed by atoms with van der Waals surface area (Å²) in [4.78, 5) is 12.2. The van der Waals surface area contributed by atoms with Gasteiger partial charge in [0.2, 0.25) is 5.91 Å². The smallest absolute Gasteiger partial charge is 0.220 e. The van der Waals surface area contributed by atoms with Crippen LogP contribution in [-0.2, 0) is 9.53 Å². The van der Waals surface area contributed by atoms with E-state index < -0.39 is 0 Å². The summed E-state index contributed by atoms with van der Waals surface area (Å²) in [6, 6.07) is 0. The molecule has 4 fully saturated rings. The Morgan fingerprint density at radius 1 is 1.14 bits per heavy atom. The Morgan fingerprint density at radius 3 is 2.64 bits per heavy atom. The molecule has 1 heterocycles. The van der Waals surface area contributed by atoms with Crippen LogP contribution in [0.5, 0.6) is 0 Å². The number of ether oxygens (including phenoxy) is 1. The van der Waals surface area contributed by atoms with Gasteiger partial charge < -0.3 is 15.2 Å². The summed E-state index contributed by atoms with van der Waals surface area (Å²) in [6.07, 6.45) is 8.48. The molecule has 1 amide bonds. The van der Waals surface area contributed by atoms with Crippen LogP contribution in [0.3, 0.4) is 0 Å². The number of nitrogens with one attached hydrogen (secondary N) is 1. The molecule has 0 aromatic carbocycles. The van der Waals surface area contributed by atoms with Gasteiger partial charge >= 0.3 is 0 Å². The quantitative estimate of drug-likeness (QED) is 0.836. The second-order valence-corrected chi connectivity index (χ2v) is 8.22. The van der Waals surface area contributed by atoms with Gasteiger partial charge in [-0.15, -0.1) is 0 Å². The first-order valence-corrected chi connectivity index (χ1v) is 9.20. The van der Waals surface area contributed by atoms with Crippen molar-refractivity contribution in [2.24, 2.45) is 29.1 Å². The average molecular weight is 307 g/mol. The fourth-order valence-electron chi connectivity index (χ4n) is 5.45. The van der Waals surface area contributed by atoms with Gasteiger partial charge in [0.15, 0.2) is 0 Å². The van der Waals surface area contributed by atoms with E-state index in [2.05, 4.69) is 5.32 Å². The summed E-state index contributed by atoms with van der Waals surface area (Å²) >= 11 is 0. The summed E-state index contributed by atoms with van der Waals surface area (Å²) in [7, 11) is 0. The number of aliphatic hydroxyl groups is 1. The Kier molecular flexibility index (Phi) is 3.93. The number of hydrogen-bond donors (Lipinski definition) is 2. The van der Waals surface area contributed by atoms with Crippen LogP contribution in [0.2, 0.25) is 0 Å². The first kappa shape index (κ1) is 14.9. The lowest BCUT2D eigenvalue weighted by Gasteiger charge is -2.37. The van der Waals surface area contributed by atoms with Crippen molar-refractivity contribution in [3.8, 4) is 0 Å². The molecular weight excluding hydrogens is 278 g/mol. The molecule has 1 spiro atoms. The molecule has 3 saturated carbocycles. The van der Waals surface area contributed by atoms with Crippen molar-refractivity contribution in [1.29, 1.82) is 0 Å². The number of hydrogen-bond acceptors (Lipinski definition) is 3. The Bertz CT molecular complexity index is 432. The maximum absolute atomic E-state index is 12.2. The number of amides is 1. The fraction of sp³-hybridized carbons (Fsp3) is 0.944. The van der Waals surface area contributed by atoms with Crippen molar-refractivity contribution in [1.82, 2.24) is 5.32 Å². The molecule has 0 bridgehead atoms. The molecule has 4 nitrogen and oxygen atoms in total. The first-order valence-electron chi connectivity index (χ1n) is 9.20. The average Bonchev–Trinajstić information content (AvgIpc) is 3.14. The Morgan fingerprint density at radius 2 is 1.95 bits per heavy atom. The highest BCUT2D eigenvalue weighted by Gasteiger charge is 2.49. The van der Waals surface area contributed by atoms with Gasteiger partial charge in [-0.1, -0.05) is 0 Å². The third kappa shape index (κ3) is 2.69. The van der Waals surface area contributed by atoms with Gasteiger partial charge in [-0.3, -0.25) is 4.79 Å². The number of fused-ring (bicyclic) bond motifs is 1. The molecule has 0 aromatic heterocycles. The minimum Gasteiger partial charge on any atom is -0.392 e. The molecule has 2 N–H and O–H groups in total. The molecule has 1 saturated heterocycles. The highest BCUT2D eigenvalue weighted by molar-refractivity contribution is 5.76. The third-order valence-electron chi connectivity index (χ3n) is 7.08. The van der Waals surface area contributed by atoms with Gasteiger partial charge in [0, 0.05) is 37.5 Å². The zero-order chi connectivity index (χ0) is 15.2. The molecular formula is C18H29NO3. The molecule has 22 heavy (non-hydrogen) atoms. The largest absolute Gasteiger partial charge is 0.392 e. The maximum atomic E-state index is 12.2. The Balaban J connectivity index is 1.24. The van der Waals surface area contributed by atoms with Gasteiger partial charge in [0.1, 0.15) is 0 Å². The zero-order valence-corrected chi connectivity index (χ0v) is 13.4. The molecule has 5 atom stereocenters. The molecule has 1 aliphatic heterocycles. The van der Waals surface area contributed by atoms with E-state index in [1.54, 1.807) is 0 Å². The number of carbonyl (C=O) groups is 1. The van der Waals surface area contributed by atoms with Crippen molar-refractivity contribution >= 4 is 5.91 Å². The lowest BCUT2D eigenvalue weighted by Crippen LogP contribution is -2.41. The van der Waals surface area contributed by atoms with E-state index in [1.165, 1.54) is 19.3 Å². The predicted molar refractivity (Wildman–Crippen MR) is 83.2 cm³/mol. The predicted octanol–water partition coefficient (Wildman–Crippen LogP) is 2.11. The van der Waals surface area contributed by atoms with Crippen LogP contribution in [0.15, 0.2) is 0 Å². The van der Waals surface area contributed by atoms with E-state index >= 15 is 0 Å². The molecule has 0 radical (unpaired) electrons. The lowest BCUT2D eigenvalue weighted by molar-refractivity contribution is -0.122. The molecule has 4 heteroatoms. The van der Waals surface area contributed by atoms with Gasteiger partial charge in [-0.25, -0.2) is 0 Å². The highest BCUT2D eigenvalue weighted by atomic mass is 16.5. The van der Waals surface area contributed by atoms with Crippen molar-refractivity contribution in [2.45, 2.75) is 57.5 Å². The van der Waals surface area contributed by atoms with E-state index in [4.69, 9.17) is 4.74 Å². The van der Waals surface area contributed by atoms with Crippen molar-refractivity contribution in [3.63, 3.8) is 0 Å². The minimum absolute atomic E-state index is 0.0698. The minimum atomic E-state index is -0.268. The van der Waals surface area contributed by atoms with Crippen LogP contribution in [0, 0.1) is 29.1 Å². The number of rotatable bonds is 4. The van der Waals surface area contributed by atoms with E-state index in [-0.39, 0.29) is 23.3 Å². The van der Waals surface area contributed by atoms with E-state index in [1.807, 2.05) is 0 Å². The van der Waals surface area contributed by atoms with Gasteiger partial charge in [0.25, 0.3) is 0 Å². The monoisotopic (exact) mass is 307 g/mol. The van der Waals surface area contributed by atoms with Gasteiger partial charge in [0.05, 0.1) is 6.10 Å². The summed E-state index contributed by atoms with van der Waals surface area (Å²) < 4.78 is 5.45. The zero-order valence-electron chi connectivity index (χ0n) is 13.4. The summed E-state index contributed by atoms with van der Waals surface area (Å²) in [5.74, 6) is 2.88. The normalized spacial score (nSPS) is 42.3. The molecule has 4 aliphatic rings. The van der Waals surface area contributed by atoms with Gasteiger partial charge in [-0.05, 0) is 62.7 Å². The lowest BCUT2D eigenvalue weighted by atomic mass is 9.76. The SMILES string of the molecule is O=C(CC1CCC2CC12)NCC1CCC2(CCOCC2)C1O. The molecule has 4 rings (SSSR count). The van der Waals surface area contributed by atoms with Crippen LogP contribution in [0.25, 0.3) is 0 Å². The Labute approximate surface area is 133 Å². The summed E-state index contributed by atoms with van der Waals surface area (Å²) in [6.45, 7) is 2.21. The van der Waals surface area contributed by atoms with Gasteiger partial charge in [-0.2, -0.15) is 0 Å². The molecule has 124 valence electrons. The van der Waals surface area contributed by atoms with E-state index in [0.29, 0.717) is 18.9 Å². The topological polar surface area (TPSA) is 58.6 Å². The van der Waals surface area contributed by atoms with Crippen LogP contribution in [0.1, 0.15) is 51.4 Å². The summed E-state index contributed by atoms with van der Waals surface area (Å²) in [5, 5.41) is 13.8. The fourth-order valence-corrected chi connectivity index (χ4v) is 5.45. The van der Waals surface area contributed by atoms with Crippen LogP contribution < -0.4 is 5.32 Å². The molecule has 5 unspecified atom stereocenters. The van der Waals surface area contributed by atoms with Crippen molar-refractivity contribution in [3.05, 3.63) is 0 Å². The van der Waals surface area contributed by atoms with Crippen molar-refractivity contribution < 1.29 is 14.6 Å². The van der Waals surface area contributed by atoms with Crippen LogP contribution in [0.4, 0.5) is 0 Å². The van der Waals surface area contributed by atoms with Crippen LogP contribution >= 0.6 is 0 Å². The Hall–Kier alpha value is -0.610. The summed E-state index contributed by atoms with van der Waals surface area (Å²) in [5.41, 5.74) is 0.0698. The van der Waals surface area contributed by atoms with E-state index in [9.17, 15) is 9.90 Å². The molecule has 3 aliphatic carbocycles. The highest BCUT2D eigenvalue weighted by Crippen LogP contribution is 2.56. The second kappa shape index (κ2) is 5.79. The van der Waals surface area contributed by atoms with E-state index in [0.717, 1.165) is 50.7 Å². The number of aliphatic hydroxyl groups excluding tert-OH is 1. The second-order valence-electron chi connectivity index (χ2n) is 8.22. The number of carbonyl (C=O) groups excluding carboxylic acids is 1. The van der Waals surface area contributed by atoms with Crippen molar-refractivity contribution in [2.75, 3.05) is 19.8 Å². The first-order chi connectivity index (χ1) is 10.7.